The van der Waals surface area contributed by atoms with Gasteiger partial charge in [-0.1, -0.05) is 12.1 Å². The first-order valence-corrected chi connectivity index (χ1v) is 11.1. The van der Waals surface area contributed by atoms with E-state index < -0.39 is 17.7 Å². The third kappa shape index (κ3) is 5.39. The maximum atomic E-state index is 13.1. The van der Waals surface area contributed by atoms with E-state index in [2.05, 4.69) is 9.97 Å². The fraction of sp³-hybridized carbons (Fsp3) is 0.440. The molecule has 0 spiro atoms. The van der Waals surface area contributed by atoms with Gasteiger partial charge < -0.3 is 19.6 Å². The number of aromatic nitrogens is 2. The average molecular weight is 453 g/mol. The molecule has 1 atom stereocenters. The van der Waals surface area contributed by atoms with Gasteiger partial charge in [-0.25, -0.2) is 9.97 Å². The molecule has 1 N–H and O–H groups in total. The number of ether oxygens (including phenoxy) is 1. The number of aryl methyl sites for hydroxylation is 2. The Balaban J connectivity index is 2.09. The Bertz CT molecular complexity index is 1060. The van der Waals surface area contributed by atoms with Crippen LogP contribution in [0.3, 0.4) is 0 Å². The minimum atomic E-state index is -0.707. The molecule has 0 radical (unpaired) electrons. The zero-order valence-corrected chi connectivity index (χ0v) is 20.1. The van der Waals surface area contributed by atoms with Crippen molar-refractivity contribution in [2.45, 2.75) is 46.3 Å². The van der Waals surface area contributed by atoms with E-state index in [9.17, 15) is 14.7 Å². The van der Waals surface area contributed by atoms with Crippen molar-refractivity contribution >= 4 is 17.4 Å². The van der Waals surface area contributed by atoms with Crippen molar-refractivity contribution < 1.29 is 19.4 Å². The van der Waals surface area contributed by atoms with Crippen molar-refractivity contribution in [1.29, 1.82) is 0 Å². The molecule has 1 fully saturated rings. The quantitative estimate of drug-likeness (QED) is 0.373. The Morgan fingerprint density at radius 3 is 2.42 bits per heavy atom. The highest BCUT2D eigenvalue weighted by Crippen LogP contribution is 2.40. The minimum Gasteiger partial charge on any atom is -0.507 e. The molecule has 0 aliphatic carbocycles. The van der Waals surface area contributed by atoms with Crippen molar-refractivity contribution in [1.82, 2.24) is 19.8 Å². The Morgan fingerprint density at radius 2 is 1.85 bits per heavy atom. The molecular formula is C25H32N4O4. The number of nitrogens with zero attached hydrogens (tertiary/aromatic N) is 4. The van der Waals surface area contributed by atoms with Gasteiger partial charge in [-0.15, -0.1) is 0 Å². The first-order chi connectivity index (χ1) is 15.6. The number of rotatable bonds is 8. The van der Waals surface area contributed by atoms with Crippen LogP contribution in [0.25, 0.3) is 5.76 Å². The summed E-state index contributed by atoms with van der Waals surface area (Å²) >= 11 is 0. The van der Waals surface area contributed by atoms with Crippen molar-refractivity contribution in [3.63, 3.8) is 0 Å². The number of hydrogen-bond donors (Lipinski definition) is 1. The van der Waals surface area contributed by atoms with Gasteiger partial charge in [-0.2, -0.15) is 0 Å². The molecule has 33 heavy (non-hydrogen) atoms. The SMILES string of the molecule is Cc1ncc(/C(O)=C2\C(=O)C(=O)N(CCCN(C)C)[C@H]2c2ccc(OC(C)C)cc2)c(C)n1. The highest BCUT2D eigenvalue weighted by molar-refractivity contribution is 6.46. The average Bonchev–Trinajstić information content (AvgIpc) is 2.98. The number of Topliss-reactive ketones (excluding diaryl/α,β-unsaturated/α-hetero) is 1. The Labute approximate surface area is 194 Å². The number of benzene rings is 1. The fourth-order valence-electron chi connectivity index (χ4n) is 3.98. The Kier molecular flexibility index (Phi) is 7.48. The van der Waals surface area contributed by atoms with Crippen LogP contribution in [0.5, 0.6) is 5.75 Å². The third-order valence-corrected chi connectivity index (χ3v) is 5.47. The van der Waals surface area contributed by atoms with E-state index >= 15 is 0 Å². The van der Waals surface area contributed by atoms with E-state index in [0.29, 0.717) is 35.8 Å². The highest BCUT2D eigenvalue weighted by Gasteiger charge is 2.46. The van der Waals surface area contributed by atoms with Crippen LogP contribution in [0.15, 0.2) is 36.0 Å². The van der Waals surface area contributed by atoms with Crippen molar-refractivity contribution in [3.8, 4) is 5.75 Å². The van der Waals surface area contributed by atoms with Crippen LogP contribution in [0.1, 0.15) is 49.0 Å². The lowest BCUT2D eigenvalue weighted by Gasteiger charge is -2.26. The van der Waals surface area contributed by atoms with Gasteiger partial charge >= 0.3 is 0 Å². The molecule has 1 aromatic heterocycles. The molecule has 1 saturated heterocycles. The number of aliphatic hydroxyl groups excluding tert-OH is 1. The van der Waals surface area contributed by atoms with Gasteiger partial charge in [-0.3, -0.25) is 9.59 Å². The summed E-state index contributed by atoms with van der Waals surface area (Å²) in [5.74, 6) is -0.321. The smallest absolute Gasteiger partial charge is 0.295 e. The van der Waals surface area contributed by atoms with E-state index in [1.807, 2.05) is 57.1 Å². The Hall–Kier alpha value is -3.26. The van der Waals surface area contributed by atoms with Crippen LogP contribution >= 0.6 is 0 Å². The standard InChI is InChI=1S/C25H32N4O4/c1-15(2)33-19-10-8-18(9-11-19)22-21(23(30)20-14-26-17(4)27-16(20)3)24(31)25(32)29(22)13-7-12-28(5)6/h8-11,14-15,22,30H,7,12-13H2,1-6H3/b23-21+/t22-/m0/s1. The number of amides is 1. The zero-order chi connectivity index (χ0) is 24.3. The lowest BCUT2D eigenvalue weighted by Crippen LogP contribution is -2.32. The van der Waals surface area contributed by atoms with E-state index in [0.717, 1.165) is 12.1 Å². The molecule has 0 bridgehead atoms. The molecule has 1 aliphatic rings. The summed E-state index contributed by atoms with van der Waals surface area (Å²) in [7, 11) is 3.92. The van der Waals surface area contributed by atoms with Crippen LogP contribution in [-0.2, 0) is 9.59 Å². The molecular weight excluding hydrogens is 420 g/mol. The Morgan fingerprint density at radius 1 is 1.18 bits per heavy atom. The monoisotopic (exact) mass is 452 g/mol. The summed E-state index contributed by atoms with van der Waals surface area (Å²) in [4.78, 5) is 38.2. The summed E-state index contributed by atoms with van der Waals surface area (Å²) in [6.07, 6.45) is 2.21. The van der Waals surface area contributed by atoms with E-state index in [-0.39, 0.29) is 17.4 Å². The van der Waals surface area contributed by atoms with E-state index in [4.69, 9.17) is 4.74 Å². The molecule has 8 heteroatoms. The number of hydrogen-bond acceptors (Lipinski definition) is 7. The van der Waals surface area contributed by atoms with Gasteiger partial charge in [-0.05, 0) is 72.5 Å². The molecule has 2 heterocycles. The third-order valence-electron chi connectivity index (χ3n) is 5.47. The van der Waals surface area contributed by atoms with Crippen LogP contribution in [0.2, 0.25) is 0 Å². The minimum absolute atomic E-state index is 0.0250. The summed E-state index contributed by atoms with van der Waals surface area (Å²) in [6.45, 7) is 8.53. The van der Waals surface area contributed by atoms with Crippen molar-refractivity contribution in [2.75, 3.05) is 27.2 Å². The predicted octanol–water partition coefficient (Wildman–Crippen LogP) is 3.25. The van der Waals surface area contributed by atoms with E-state index in [1.165, 1.54) is 6.20 Å². The second-order valence-corrected chi connectivity index (χ2v) is 8.80. The van der Waals surface area contributed by atoms with Crippen LogP contribution in [-0.4, -0.2) is 69.9 Å². The number of likely N-dealkylation sites (tertiary alicyclic amines) is 1. The highest BCUT2D eigenvalue weighted by atomic mass is 16.5. The predicted molar refractivity (Wildman–Crippen MR) is 126 cm³/mol. The molecule has 1 aliphatic heterocycles. The molecule has 8 nitrogen and oxygen atoms in total. The largest absolute Gasteiger partial charge is 0.507 e. The molecule has 1 amide bonds. The summed E-state index contributed by atoms with van der Waals surface area (Å²) in [5, 5.41) is 11.2. The topological polar surface area (TPSA) is 95.9 Å². The maximum absolute atomic E-state index is 13.1. The fourth-order valence-corrected chi connectivity index (χ4v) is 3.98. The maximum Gasteiger partial charge on any atom is 0.295 e. The van der Waals surface area contributed by atoms with Gasteiger partial charge in [0.2, 0.25) is 0 Å². The van der Waals surface area contributed by atoms with Crippen LogP contribution in [0, 0.1) is 13.8 Å². The number of ketones is 1. The second kappa shape index (κ2) is 10.1. The molecule has 3 rings (SSSR count). The first-order valence-electron chi connectivity index (χ1n) is 11.1. The second-order valence-electron chi connectivity index (χ2n) is 8.80. The van der Waals surface area contributed by atoms with E-state index in [1.54, 1.807) is 18.7 Å². The number of aliphatic hydroxyl groups is 1. The lowest BCUT2D eigenvalue weighted by atomic mass is 9.95. The molecule has 0 unspecified atom stereocenters. The summed E-state index contributed by atoms with van der Waals surface area (Å²) in [6, 6.07) is 6.59. The van der Waals surface area contributed by atoms with Gasteiger partial charge in [0.15, 0.2) is 0 Å². The van der Waals surface area contributed by atoms with Crippen LogP contribution < -0.4 is 4.74 Å². The van der Waals surface area contributed by atoms with Gasteiger partial charge in [0, 0.05) is 12.7 Å². The zero-order valence-electron chi connectivity index (χ0n) is 20.1. The molecule has 176 valence electrons. The summed E-state index contributed by atoms with van der Waals surface area (Å²) < 4.78 is 5.73. The molecule has 2 aromatic rings. The van der Waals surface area contributed by atoms with Gasteiger partial charge in [0.25, 0.3) is 11.7 Å². The molecule has 0 saturated carbocycles. The number of carbonyl (C=O) groups is 2. The van der Waals surface area contributed by atoms with Gasteiger partial charge in [0.1, 0.15) is 17.3 Å². The molecule has 1 aromatic carbocycles. The number of carbonyl (C=O) groups excluding carboxylic acids is 2. The summed E-state index contributed by atoms with van der Waals surface area (Å²) in [5.41, 5.74) is 1.66. The van der Waals surface area contributed by atoms with Crippen LogP contribution in [0.4, 0.5) is 0 Å². The van der Waals surface area contributed by atoms with Gasteiger partial charge in [0.05, 0.1) is 29.0 Å². The lowest BCUT2D eigenvalue weighted by molar-refractivity contribution is -0.139. The first kappa shape index (κ1) is 24.4. The van der Waals surface area contributed by atoms with Crippen molar-refractivity contribution in [3.05, 3.63) is 58.7 Å². The van der Waals surface area contributed by atoms with Crippen molar-refractivity contribution in [2.24, 2.45) is 0 Å². The normalized spacial score (nSPS) is 17.9.